The lowest BCUT2D eigenvalue weighted by Crippen LogP contribution is -2.09. The first-order valence-corrected chi connectivity index (χ1v) is 7.24. The van der Waals surface area contributed by atoms with Gasteiger partial charge in [0.25, 0.3) is 0 Å². The molecule has 17 heavy (non-hydrogen) atoms. The van der Waals surface area contributed by atoms with E-state index >= 15 is 0 Å². The highest BCUT2D eigenvalue weighted by Gasteiger charge is 2.38. The Kier molecular flexibility index (Phi) is 3.03. The number of nitrogens with one attached hydrogen (secondary N) is 1. The fourth-order valence-electron chi connectivity index (χ4n) is 2.05. The van der Waals surface area contributed by atoms with Crippen molar-refractivity contribution in [2.45, 2.75) is 18.4 Å². The maximum atomic E-state index is 4.54. The molecule has 0 aliphatic heterocycles. The standard InChI is InChI=1S/C13H13BrN2S/c1-15-12-6-10(12)13-7-11(16-17-13)8-2-4-9(14)5-3-8/h2-5,7,10,12,15H,6H2,1H3. The average molecular weight is 309 g/mol. The Bertz CT molecular complexity index is 520. The maximum Gasteiger partial charge on any atom is 0.0843 e. The van der Waals surface area contributed by atoms with E-state index in [1.807, 2.05) is 7.05 Å². The maximum absolute atomic E-state index is 4.54. The topological polar surface area (TPSA) is 24.9 Å². The van der Waals surface area contributed by atoms with E-state index in [4.69, 9.17) is 0 Å². The van der Waals surface area contributed by atoms with Gasteiger partial charge in [-0.25, -0.2) is 0 Å². The van der Waals surface area contributed by atoms with E-state index in [-0.39, 0.29) is 0 Å². The van der Waals surface area contributed by atoms with Gasteiger partial charge < -0.3 is 5.32 Å². The van der Waals surface area contributed by atoms with Crippen LogP contribution in [0.15, 0.2) is 34.8 Å². The predicted molar refractivity (Wildman–Crippen MR) is 75.5 cm³/mol. The molecule has 0 bridgehead atoms. The number of aromatic nitrogens is 1. The van der Waals surface area contributed by atoms with Gasteiger partial charge in [-0.15, -0.1) is 0 Å². The fourth-order valence-corrected chi connectivity index (χ4v) is 3.24. The summed E-state index contributed by atoms with van der Waals surface area (Å²) in [5.41, 5.74) is 2.29. The first kappa shape index (κ1) is 11.4. The Morgan fingerprint density at radius 2 is 2.12 bits per heavy atom. The SMILES string of the molecule is CNC1CC1c1cc(-c2ccc(Br)cc2)ns1. The van der Waals surface area contributed by atoms with Crippen LogP contribution >= 0.6 is 27.5 Å². The summed E-state index contributed by atoms with van der Waals surface area (Å²) in [5, 5.41) is 3.32. The summed E-state index contributed by atoms with van der Waals surface area (Å²) in [7, 11) is 2.03. The van der Waals surface area contributed by atoms with E-state index < -0.39 is 0 Å². The molecule has 3 rings (SSSR count). The summed E-state index contributed by atoms with van der Waals surface area (Å²) < 4.78 is 5.65. The van der Waals surface area contributed by atoms with E-state index in [1.54, 1.807) is 11.5 Å². The molecule has 1 N–H and O–H groups in total. The lowest BCUT2D eigenvalue weighted by molar-refractivity contribution is 0.787. The fraction of sp³-hybridized carbons (Fsp3) is 0.308. The molecule has 2 atom stereocenters. The Morgan fingerprint density at radius 3 is 2.76 bits per heavy atom. The second kappa shape index (κ2) is 4.52. The molecular formula is C13H13BrN2S. The normalized spacial score (nSPS) is 22.7. The molecule has 1 aromatic carbocycles. The molecule has 2 nitrogen and oxygen atoms in total. The molecule has 0 spiro atoms. The molecule has 0 saturated heterocycles. The van der Waals surface area contributed by atoms with E-state index in [9.17, 15) is 0 Å². The van der Waals surface area contributed by atoms with Crippen LogP contribution in [0.2, 0.25) is 0 Å². The van der Waals surface area contributed by atoms with Gasteiger partial charge in [0.05, 0.1) is 5.69 Å². The third kappa shape index (κ3) is 2.30. The van der Waals surface area contributed by atoms with Crippen molar-refractivity contribution in [1.82, 2.24) is 9.69 Å². The molecular weight excluding hydrogens is 296 g/mol. The number of likely N-dealkylation sites (N-methyl/N-ethyl adjacent to an activating group) is 1. The van der Waals surface area contributed by atoms with Crippen molar-refractivity contribution in [1.29, 1.82) is 0 Å². The van der Waals surface area contributed by atoms with Crippen molar-refractivity contribution in [3.05, 3.63) is 39.7 Å². The average Bonchev–Trinajstić information content (AvgIpc) is 2.99. The number of benzene rings is 1. The number of halogens is 1. The highest BCUT2D eigenvalue weighted by molar-refractivity contribution is 9.10. The van der Waals surface area contributed by atoms with Crippen LogP contribution in [0.25, 0.3) is 11.3 Å². The van der Waals surface area contributed by atoms with Gasteiger partial charge in [0, 0.05) is 26.9 Å². The lowest BCUT2D eigenvalue weighted by atomic mass is 10.1. The smallest absolute Gasteiger partial charge is 0.0843 e. The van der Waals surface area contributed by atoms with Gasteiger partial charge in [0.1, 0.15) is 0 Å². The molecule has 1 aliphatic carbocycles. The van der Waals surface area contributed by atoms with E-state index in [0.717, 1.165) is 10.2 Å². The molecule has 1 fully saturated rings. The quantitative estimate of drug-likeness (QED) is 0.936. The summed E-state index contributed by atoms with van der Waals surface area (Å²) in [6, 6.07) is 11.2. The Balaban J connectivity index is 1.83. The van der Waals surface area contributed by atoms with Crippen molar-refractivity contribution in [3.63, 3.8) is 0 Å². The molecule has 1 aromatic heterocycles. The van der Waals surface area contributed by atoms with E-state index in [1.165, 1.54) is 16.9 Å². The van der Waals surface area contributed by atoms with Crippen LogP contribution in [-0.4, -0.2) is 17.5 Å². The number of hydrogen-bond acceptors (Lipinski definition) is 3. The minimum Gasteiger partial charge on any atom is -0.316 e. The number of rotatable bonds is 3. The largest absolute Gasteiger partial charge is 0.316 e. The van der Waals surface area contributed by atoms with E-state index in [2.05, 4.69) is 56.0 Å². The van der Waals surface area contributed by atoms with Crippen LogP contribution in [0.1, 0.15) is 17.2 Å². The summed E-state index contributed by atoms with van der Waals surface area (Å²) >= 11 is 5.08. The Labute approximate surface area is 113 Å². The molecule has 4 heteroatoms. The molecule has 88 valence electrons. The van der Waals surface area contributed by atoms with Gasteiger partial charge in [-0.1, -0.05) is 28.1 Å². The first-order valence-electron chi connectivity index (χ1n) is 5.68. The number of hydrogen-bond donors (Lipinski definition) is 1. The zero-order valence-corrected chi connectivity index (χ0v) is 11.9. The van der Waals surface area contributed by atoms with Crippen molar-refractivity contribution in [2.24, 2.45) is 0 Å². The van der Waals surface area contributed by atoms with Crippen LogP contribution < -0.4 is 5.32 Å². The minimum absolute atomic E-state index is 0.660. The van der Waals surface area contributed by atoms with Gasteiger partial charge in [0.15, 0.2) is 0 Å². The van der Waals surface area contributed by atoms with Gasteiger partial charge >= 0.3 is 0 Å². The molecule has 2 unspecified atom stereocenters. The molecule has 0 radical (unpaired) electrons. The summed E-state index contributed by atoms with van der Waals surface area (Å²) in [4.78, 5) is 1.40. The zero-order chi connectivity index (χ0) is 11.8. The van der Waals surface area contributed by atoms with Crippen LogP contribution in [-0.2, 0) is 0 Å². The highest BCUT2D eigenvalue weighted by atomic mass is 79.9. The Morgan fingerprint density at radius 1 is 1.35 bits per heavy atom. The lowest BCUT2D eigenvalue weighted by Gasteiger charge is -1.96. The molecule has 1 aliphatic rings. The third-order valence-corrected chi connectivity index (χ3v) is 4.64. The highest BCUT2D eigenvalue weighted by Crippen LogP contribution is 2.43. The van der Waals surface area contributed by atoms with Crippen LogP contribution in [0, 0.1) is 0 Å². The van der Waals surface area contributed by atoms with Crippen molar-refractivity contribution < 1.29 is 0 Å². The van der Waals surface area contributed by atoms with E-state index in [0.29, 0.717) is 12.0 Å². The van der Waals surface area contributed by atoms with Gasteiger partial charge in [-0.3, -0.25) is 0 Å². The van der Waals surface area contributed by atoms with Crippen LogP contribution in [0.3, 0.4) is 0 Å². The summed E-state index contributed by atoms with van der Waals surface area (Å²) in [6.07, 6.45) is 1.25. The molecule has 0 amide bonds. The van der Waals surface area contributed by atoms with Gasteiger partial charge in [-0.05, 0) is 43.2 Å². The van der Waals surface area contributed by atoms with Crippen molar-refractivity contribution in [3.8, 4) is 11.3 Å². The number of nitrogens with zero attached hydrogens (tertiary/aromatic N) is 1. The van der Waals surface area contributed by atoms with Crippen LogP contribution in [0.4, 0.5) is 0 Å². The van der Waals surface area contributed by atoms with Gasteiger partial charge in [-0.2, -0.15) is 4.37 Å². The van der Waals surface area contributed by atoms with Crippen LogP contribution in [0.5, 0.6) is 0 Å². The molecule has 1 saturated carbocycles. The zero-order valence-electron chi connectivity index (χ0n) is 9.48. The van der Waals surface area contributed by atoms with Crippen molar-refractivity contribution >= 4 is 27.5 Å². The summed E-state index contributed by atoms with van der Waals surface area (Å²) in [5.74, 6) is 0.682. The second-order valence-electron chi connectivity index (χ2n) is 4.36. The second-order valence-corrected chi connectivity index (χ2v) is 6.11. The Hall–Kier alpha value is -0.710. The summed E-state index contributed by atoms with van der Waals surface area (Å²) in [6.45, 7) is 0. The minimum atomic E-state index is 0.660. The first-order chi connectivity index (χ1) is 8.28. The third-order valence-electron chi connectivity index (χ3n) is 3.20. The van der Waals surface area contributed by atoms with Gasteiger partial charge in [0.2, 0.25) is 0 Å². The molecule has 2 aromatic rings. The molecule has 1 heterocycles. The predicted octanol–water partition coefficient (Wildman–Crippen LogP) is 3.65. The monoisotopic (exact) mass is 308 g/mol. The van der Waals surface area contributed by atoms with Crippen molar-refractivity contribution in [2.75, 3.05) is 7.05 Å².